The molecule has 22 nitrogen and oxygen atoms in total. The molecule has 8 amide bonds. The van der Waals surface area contributed by atoms with Crippen LogP contribution in [0.2, 0.25) is 0 Å². The number of imide groups is 2. The lowest BCUT2D eigenvalue weighted by atomic mass is 9.70. The van der Waals surface area contributed by atoms with Crippen LogP contribution < -0.4 is 37.2 Å². The Bertz CT molecular complexity index is 2030. The number of hydrogen-bond donors (Lipinski definition) is 7. The number of likely N-dealkylation sites (tertiary alicyclic amines) is 1. The van der Waals surface area contributed by atoms with Crippen molar-refractivity contribution in [3.63, 3.8) is 0 Å². The van der Waals surface area contributed by atoms with E-state index in [9.17, 15) is 46.8 Å². The van der Waals surface area contributed by atoms with Crippen LogP contribution in [-0.4, -0.2) is 196 Å². The van der Waals surface area contributed by atoms with Crippen LogP contribution in [0, 0.1) is 35.5 Å². The van der Waals surface area contributed by atoms with E-state index in [1.54, 1.807) is 11.8 Å². The zero-order chi connectivity index (χ0) is 49.4. The zero-order valence-corrected chi connectivity index (χ0v) is 41.8. The number of fused-ring (bicyclic) bond motifs is 1. The molecule has 0 aromatic rings. The minimum atomic E-state index is -3.35. The Morgan fingerprint density at radius 3 is 2.30 bits per heavy atom. The number of likely N-dealkylation sites (N-methyl/N-ethyl adjacent to an activating group) is 2. The molecular weight excluding hydrogens is 935 g/mol. The number of piperidine rings is 2. The van der Waals surface area contributed by atoms with Crippen molar-refractivity contribution in [1.29, 1.82) is 0 Å². The second-order valence-corrected chi connectivity index (χ2v) is 23.3. The maximum Gasteiger partial charge on any atom is 0.249 e. The second-order valence-electron chi connectivity index (χ2n) is 20.2. The van der Waals surface area contributed by atoms with E-state index < -0.39 is 63.6 Å². The van der Waals surface area contributed by atoms with Crippen molar-refractivity contribution in [2.24, 2.45) is 35.5 Å². The lowest BCUT2D eigenvalue weighted by Gasteiger charge is -2.42. The highest BCUT2D eigenvalue weighted by molar-refractivity contribution is 8.00. The van der Waals surface area contributed by atoms with Gasteiger partial charge in [0.15, 0.2) is 0 Å². The average Bonchev–Trinajstić information content (AvgIpc) is 4.07. The molecule has 69 heavy (non-hydrogen) atoms. The predicted octanol–water partition coefficient (Wildman–Crippen LogP) is -2.31. The molecule has 11 unspecified atom stereocenters. The summed E-state index contributed by atoms with van der Waals surface area (Å²) in [5.41, 5.74) is -0.237. The van der Waals surface area contributed by atoms with E-state index in [0.717, 1.165) is 55.6 Å². The third-order valence-electron chi connectivity index (χ3n) is 15.3. The smallest absolute Gasteiger partial charge is 0.249 e. The van der Waals surface area contributed by atoms with E-state index in [0.29, 0.717) is 76.2 Å². The van der Waals surface area contributed by atoms with E-state index in [2.05, 4.69) is 42.1 Å². The van der Waals surface area contributed by atoms with Gasteiger partial charge < -0.3 is 36.2 Å². The molecule has 5 heterocycles. The molecule has 0 radical (unpaired) electrons. The second kappa shape index (κ2) is 24.1. The van der Waals surface area contributed by atoms with Crippen LogP contribution >= 0.6 is 11.8 Å². The Balaban J connectivity index is 0.738. The standard InChI is InChI=1S/C45H73N11O11S2/c1-53(19-16-48-39(60)25-67-34-9-5-8-31-40(34)44(64)56(43(31)63)33-10-11-36(57)51-42(33)62)18-15-47-38(59)24-54(2)35-21-28(12-14-46-35)27-6-4-7-29(20-27)32-26-68-45(50-32)52-37(58)22-49-41(61)30-13-17-55(23-30)69(3,65)66/h27-35,40,45-46,50H,4-26H2,1-3H3,(H,47,59)(H,48,60)(H,49,61)(H,52,58)(H,51,57,62). The quantitative estimate of drug-likeness (QED) is 0.0632. The Labute approximate surface area is 409 Å². The first-order valence-corrected chi connectivity index (χ1v) is 27.7. The Morgan fingerprint density at radius 2 is 1.57 bits per heavy atom. The van der Waals surface area contributed by atoms with Crippen LogP contribution in [0.3, 0.4) is 0 Å². The maximum absolute atomic E-state index is 13.4. The van der Waals surface area contributed by atoms with E-state index in [-0.39, 0.29) is 80.4 Å². The van der Waals surface area contributed by atoms with Gasteiger partial charge in [-0.1, -0.05) is 19.3 Å². The highest BCUT2D eigenvalue weighted by Gasteiger charge is 2.56. The molecule has 2 saturated carbocycles. The van der Waals surface area contributed by atoms with Gasteiger partial charge in [0.2, 0.25) is 57.3 Å². The maximum atomic E-state index is 13.4. The predicted molar refractivity (Wildman–Crippen MR) is 254 cm³/mol. The number of hydrogen-bond acceptors (Lipinski definition) is 16. The van der Waals surface area contributed by atoms with Gasteiger partial charge in [-0.15, -0.1) is 11.8 Å². The molecule has 2 aliphatic carbocycles. The van der Waals surface area contributed by atoms with Gasteiger partial charge in [-0.25, -0.2) is 12.7 Å². The van der Waals surface area contributed by atoms with Gasteiger partial charge in [-0.2, -0.15) is 0 Å². The lowest BCUT2D eigenvalue weighted by molar-refractivity contribution is -0.152. The minimum absolute atomic E-state index is 0.0521. The summed E-state index contributed by atoms with van der Waals surface area (Å²) in [6.45, 7) is 3.07. The molecule has 7 aliphatic rings. The van der Waals surface area contributed by atoms with E-state index in [1.807, 2.05) is 19.0 Å². The molecule has 7 rings (SSSR count). The van der Waals surface area contributed by atoms with Gasteiger partial charge >= 0.3 is 0 Å². The van der Waals surface area contributed by atoms with Gasteiger partial charge in [-0.3, -0.25) is 58.8 Å². The fraction of sp³-hybridized carbons (Fsp3) is 0.822. The SMILES string of the molecule is CN(CCNC(=O)COC1CCCC2C(=O)N(C3CCC(=O)NC3=O)C(=O)C12)CCNC(=O)CN(C)C1CC(C2CCCC(C3CSC(NC(=O)CNC(=O)C4CCN(S(C)(=O)=O)C4)N3)C2)CCN1. The van der Waals surface area contributed by atoms with Crippen molar-refractivity contribution in [3.05, 3.63) is 0 Å². The molecule has 0 spiro atoms. The van der Waals surface area contributed by atoms with Gasteiger partial charge in [0.25, 0.3) is 0 Å². The fourth-order valence-corrected chi connectivity index (χ4v) is 13.6. The van der Waals surface area contributed by atoms with E-state index in [4.69, 9.17) is 4.74 Å². The van der Waals surface area contributed by atoms with Crippen LogP contribution in [0.1, 0.15) is 77.0 Å². The number of sulfonamides is 1. The number of nitrogens with one attached hydrogen (secondary N) is 7. The fourth-order valence-electron chi connectivity index (χ4n) is 11.5. The highest BCUT2D eigenvalue weighted by Crippen LogP contribution is 2.43. The van der Waals surface area contributed by atoms with Crippen LogP contribution in [-0.2, 0) is 53.1 Å². The Morgan fingerprint density at radius 1 is 0.841 bits per heavy atom. The zero-order valence-electron chi connectivity index (χ0n) is 40.2. The summed E-state index contributed by atoms with van der Waals surface area (Å²) in [6, 6.07) is -0.734. The van der Waals surface area contributed by atoms with Crippen LogP contribution in [0.25, 0.3) is 0 Å². The summed E-state index contributed by atoms with van der Waals surface area (Å²) in [5, 5.41) is 21.0. The number of carbonyl (C=O) groups is 8. The summed E-state index contributed by atoms with van der Waals surface area (Å²) in [4.78, 5) is 107. The van der Waals surface area contributed by atoms with Crippen molar-refractivity contribution >= 4 is 69.0 Å². The van der Waals surface area contributed by atoms with Gasteiger partial charge in [0, 0.05) is 57.5 Å². The number of ether oxygens (including phenoxy) is 1. The molecule has 7 N–H and O–H groups in total. The molecule has 24 heteroatoms. The normalized spacial score (nSPS) is 32.2. The summed E-state index contributed by atoms with van der Waals surface area (Å²) in [6.07, 6.45) is 9.49. The average molecular weight is 1010 g/mol. The van der Waals surface area contributed by atoms with Crippen molar-refractivity contribution in [2.75, 3.05) is 91.6 Å². The van der Waals surface area contributed by atoms with Crippen LogP contribution in [0.4, 0.5) is 0 Å². The third kappa shape index (κ3) is 14.0. The van der Waals surface area contributed by atoms with Gasteiger partial charge in [0.1, 0.15) is 18.1 Å². The molecule has 11 atom stereocenters. The topological polar surface area (TPSA) is 277 Å². The van der Waals surface area contributed by atoms with E-state index in [1.165, 1.54) is 10.7 Å². The Hall–Kier alpha value is -3.78. The molecule has 0 aromatic heterocycles. The molecule has 5 saturated heterocycles. The number of nitrogens with zero attached hydrogens (tertiary/aromatic N) is 4. The number of carbonyl (C=O) groups excluding carboxylic acids is 8. The molecule has 7 fully saturated rings. The third-order valence-corrected chi connectivity index (χ3v) is 17.8. The van der Waals surface area contributed by atoms with Crippen molar-refractivity contribution in [3.8, 4) is 0 Å². The first-order valence-electron chi connectivity index (χ1n) is 24.8. The molecule has 5 aliphatic heterocycles. The minimum Gasteiger partial charge on any atom is -0.368 e. The highest BCUT2D eigenvalue weighted by atomic mass is 32.2. The van der Waals surface area contributed by atoms with Gasteiger partial charge in [0.05, 0.1) is 49.4 Å². The number of amides is 8. The molecular formula is C45H73N11O11S2. The number of thioether (sulfide) groups is 1. The molecule has 386 valence electrons. The molecule has 0 aromatic carbocycles. The van der Waals surface area contributed by atoms with Crippen LogP contribution in [0.5, 0.6) is 0 Å². The van der Waals surface area contributed by atoms with Crippen LogP contribution in [0.15, 0.2) is 0 Å². The summed E-state index contributed by atoms with van der Waals surface area (Å²) in [7, 11) is 0.536. The lowest BCUT2D eigenvalue weighted by Crippen LogP contribution is -2.54. The first kappa shape index (κ1) is 53.0. The van der Waals surface area contributed by atoms with Crippen molar-refractivity contribution in [1.82, 2.24) is 56.2 Å². The molecule has 0 bridgehead atoms. The Kier molecular flexibility index (Phi) is 18.5. The summed E-state index contributed by atoms with van der Waals surface area (Å²) in [5.74, 6) is -2.29. The first-order chi connectivity index (χ1) is 32.9. The van der Waals surface area contributed by atoms with Crippen molar-refractivity contribution in [2.45, 2.75) is 107 Å². The van der Waals surface area contributed by atoms with Gasteiger partial charge in [-0.05, 0) is 89.8 Å². The largest absolute Gasteiger partial charge is 0.368 e. The summed E-state index contributed by atoms with van der Waals surface area (Å²) >= 11 is 1.67. The number of rotatable bonds is 20. The summed E-state index contributed by atoms with van der Waals surface area (Å²) < 4.78 is 30.8. The van der Waals surface area contributed by atoms with Crippen molar-refractivity contribution < 1.29 is 51.5 Å². The van der Waals surface area contributed by atoms with E-state index >= 15 is 0 Å². The monoisotopic (exact) mass is 1010 g/mol.